The zero-order valence-corrected chi connectivity index (χ0v) is 11.2. The summed E-state index contributed by atoms with van der Waals surface area (Å²) in [4.78, 5) is 0.294. The molecule has 0 saturated carbocycles. The van der Waals surface area contributed by atoms with Crippen LogP contribution in [0.2, 0.25) is 0 Å². The molecule has 0 atom stereocenters. The van der Waals surface area contributed by atoms with Crippen LogP contribution in [-0.4, -0.2) is 34.0 Å². The van der Waals surface area contributed by atoms with Gasteiger partial charge >= 0.3 is 0 Å². The van der Waals surface area contributed by atoms with Gasteiger partial charge in [-0.25, -0.2) is 8.42 Å². The van der Waals surface area contributed by atoms with Gasteiger partial charge in [-0.1, -0.05) is 6.07 Å². The summed E-state index contributed by atoms with van der Waals surface area (Å²) < 4.78 is 34.1. The Balaban J connectivity index is 2.86. The van der Waals surface area contributed by atoms with Gasteiger partial charge in [0, 0.05) is 7.11 Å². The van der Waals surface area contributed by atoms with Crippen molar-refractivity contribution in [3.8, 4) is 5.75 Å². The van der Waals surface area contributed by atoms with E-state index in [1.807, 2.05) is 0 Å². The van der Waals surface area contributed by atoms with E-state index in [0.717, 1.165) is 0 Å². The summed E-state index contributed by atoms with van der Waals surface area (Å²) in [6.07, 6.45) is 0. The molecule has 0 aliphatic carbocycles. The molecule has 0 aliphatic rings. The number of benzene rings is 1. The predicted molar refractivity (Wildman–Crippen MR) is 66.1 cm³/mol. The Kier molecular flexibility index (Phi) is 4.96. The highest BCUT2D eigenvalue weighted by Crippen LogP contribution is 2.21. The molecule has 0 unspecified atom stereocenters. The zero-order valence-electron chi connectivity index (χ0n) is 10.3. The van der Waals surface area contributed by atoms with Crippen LogP contribution < -0.4 is 4.74 Å². The van der Waals surface area contributed by atoms with Crippen molar-refractivity contribution in [1.82, 2.24) is 0 Å². The maximum absolute atomic E-state index is 11.9. The number of methoxy groups -OCH3 is 1. The van der Waals surface area contributed by atoms with E-state index in [-0.39, 0.29) is 0 Å². The fourth-order valence-corrected chi connectivity index (χ4v) is 2.35. The molecule has 0 radical (unpaired) electrons. The van der Waals surface area contributed by atoms with Crippen molar-refractivity contribution < 1.29 is 17.9 Å². The average Bonchev–Trinajstić information content (AvgIpc) is 2.29. The fraction of sp³-hybridized carbons (Fsp3) is 0.500. The van der Waals surface area contributed by atoms with E-state index in [0.29, 0.717) is 23.9 Å². The Morgan fingerprint density at radius 3 is 2.53 bits per heavy atom. The molecular weight excluding hydrogens is 240 g/mol. The molecule has 0 amide bonds. The largest absolute Gasteiger partial charge is 0.491 e. The minimum atomic E-state index is -3.24. The second-order valence-electron chi connectivity index (χ2n) is 3.91. The Morgan fingerprint density at radius 1 is 1.24 bits per heavy atom. The van der Waals surface area contributed by atoms with Gasteiger partial charge in [0.25, 0.3) is 0 Å². The van der Waals surface area contributed by atoms with Crippen LogP contribution in [0.15, 0.2) is 29.2 Å². The SMILES string of the molecule is COCCOc1cccc(S(=O)(=O)C(C)C)c1. The third-order valence-electron chi connectivity index (χ3n) is 2.31. The van der Waals surface area contributed by atoms with Crippen molar-refractivity contribution in [1.29, 1.82) is 0 Å². The Bertz CT molecular complexity index is 451. The molecule has 1 rings (SSSR count). The highest BCUT2D eigenvalue weighted by Gasteiger charge is 2.19. The monoisotopic (exact) mass is 258 g/mol. The molecule has 0 aromatic heterocycles. The zero-order chi connectivity index (χ0) is 12.9. The standard InChI is InChI=1S/C12H18O4S/c1-10(2)17(13,14)12-6-4-5-11(9-12)16-8-7-15-3/h4-6,9-10H,7-8H2,1-3H3. The third-order valence-corrected chi connectivity index (χ3v) is 4.46. The summed E-state index contributed by atoms with van der Waals surface area (Å²) in [7, 11) is -1.65. The van der Waals surface area contributed by atoms with E-state index in [4.69, 9.17) is 9.47 Å². The van der Waals surface area contributed by atoms with Gasteiger partial charge in [0.2, 0.25) is 0 Å². The maximum atomic E-state index is 11.9. The van der Waals surface area contributed by atoms with Gasteiger partial charge in [-0.2, -0.15) is 0 Å². The van der Waals surface area contributed by atoms with Crippen LogP contribution in [0, 0.1) is 0 Å². The molecule has 0 spiro atoms. The van der Waals surface area contributed by atoms with Crippen LogP contribution in [0.1, 0.15) is 13.8 Å². The van der Waals surface area contributed by atoms with Crippen LogP contribution >= 0.6 is 0 Å². The molecule has 4 nitrogen and oxygen atoms in total. The number of hydrogen-bond donors (Lipinski definition) is 0. The van der Waals surface area contributed by atoms with Crippen molar-refractivity contribution in [2.45, 2.75) is 24.0 Å². The second kappa shape index (κ2) is 6.02. The highest BCUT2D eigenvalue weighted by molar-refractivity contribution is 7.92. The summed E-state index contributed by atoms with van der Waals surface area (Å²) in [6, 6.07) is 6.54. The fourth-order valence-electron chi connectivity index (χ4n) is 1.26. The van der Waals surface area contributed by atoms with Gasteiger partial charge in [-0.3, -0.25) is 0 Å². The lowest BCUT2D eigenvalue weighted by atomic mass is 10.3. The predicted octanol–water partition coefficient (Wildman–Crippen LogP) is 1.89. The molecule has 17 heavy (non-hydrogen) atoms. The molecule has 0 heterocycles. The van der Waals surface area contributed by atoms with Crippen molar-refractivity contribution in [3.63, 3.8) is 0 Å². The molecule has 96 valence electrons. The van der Waals surface area contributed by atoms with Crippen LogP contribution in [-0.2, 0) is 14.6 Å². The number of hydrogen-bond acceptors (Lipinski definition) is 4. The molecule has 0 fully saturated rings. The maximum Gasteiger partial charge on any atom is 0.180 e. The molecular formula is C12H18O4S. The van der Waals surface area contributed by atoms with E-state index < -0.39 is 15.1 Å². The van der Waals surface area contributed by atoms with E-state index >= 15 is 0 Å². The van der Waals surface area contributed by atoms with Crippen LogP contribution in [0.5, 0.6) is 5.75 Å². The average molecular weight is 258 g/mol. The van der Waals surface area contributed by atoms with Crippen LogP contribution in [0.4, 0.5) is 0 Å². The minimum absolute atomic E-state index is 0.294. The Labute approximate surface area is 102 Å². The van der Waals surface area contributed by atoms with Crippen molar-refractivity contribution in [2.24, 2.45) is 0 Å². The molecule has 0 N–H and O–H groups in total. The van der Waals surface area contributed by atoms with Gasteiger partial charge < -0.3 is 9.47 Å². The number of ether oxygens (including phenoxy) is 2. The molecule has 0 bridgehead atoms. The molecule has 1 aromatic rings. The van der Waals surface area contributed by atoms with Gasteiger partial charge in [0.05, 0.1) is 16.8 Å². The first-order chi connectivity index (χ1) is 7.98. The molecule has 1 aromatic carbocycles. The van der Waals surface area contributed by atoms with Crippen LogP contribution in [0.25, 0.3) is 0 Å². The quantitative estimate of drug-likeness (QED) is 0.731. The summed E-state index contributed by atoms with van der Waals surface area (Å²) in [5.41, 5.74) is 0. The lowest BCUT2D eigenvalue weighted by molar-refractivity contribution is 0.146. The lowest BCUT2D eigenvalue weighted by Crippen LogP contribution is -2.14. The molecule has 0 saturated heterocycles. The summed E-state index contributed by atoms with van der Waals surface area (Å²) >= 11 is 0. The van der Waals surface area contributed by atoms with Crippen molar-refractivity contribution >= 4 is 9.84 Å². The minimum Gasteiger partial charge on any atom is -0.491 e. The first-order valence-corrected chi connectivity index (χ1v) is 6.99. The Morgan fingerprint density at radius 2 is 1.94 bits per heavy atom. The topological polar surface area (TPSA) is 52.6 Å². The second-order valence-corrected chi connectivity index (χ2v) is 6.41. The van der Waals surface area contributed by atoms with Gasteiger partial charge in [-0.15, -0.1) is 0 Å². The van der Waals surface area contributed by atoms with Crippen molar-refractivity contribution in [2.75, 3.05) is 20.3 Å². The summed E-state index contributed by atoms with van der Waals surface area (Å²) in [5.74, 6) is 0.545. The third kappa shape index (κ3) is 3.71. The van der Waals surface area contributed by atoms with Crippen LogP contribution in [0.3, 0.4) is 0 Å². The first kappa shape index (κ1) is 14.0. The number of rotatable bonds is 6. The van der Waals surface area contributed by atoms with E-state index in [1.165, 1.54) is 0 Å². The van der Waals surface area contributed by atoms with Gasteiger partial charge in [-0.05, 0) is 32.0 Å². The lowest BCUT2D eigenvalue weighted by Gasteiger charge is -2.10. The van der Waals surface area contributed by atoms with E-state index in [9.17, 15) is 8.42 Å². The number of sulfone groups is 1. The smallest absolute Gasteiger partial charge is 0.180 e. The Hall–Kier alpha value is -1.07. The molecule has 0 aliphatic heterocycles. The summed E-state index contributed by atoms with van der Waals surface area (Å²) in [5, 5.41) is -0.434. The van der Waals surface area contributed by atoms with Gasteiger partial charge in [0.15, 0.2) is 9.84 Å². The van der Waals surface area contributed by atoms with E-state index in [1.54, 1.807) is 45.2 Å². The normalized spacial score (nSPS) is 11.8. The first-order valence-electron chi connectivity index (χ1n) is 5.44. The van der Waals surface area contributed by atoms with E-state index in [2.05, 4.69) is 0 Å². The summed E-state index contributed by atoms with van der Waals surface area (Å²) in [6.45, 7) is 4.20. The van der Waals surface area contributed by atoms with Gasteiger partial charge in [0.1, 0.15) is 12.4 Å². The molecule has 5 heteroatoms. The highest BCUT2D eigenvalue weighted by atomic mass is 32.2. The van der Waals surface area contributed by atoms with Crippen molar-refractivity contribution in [3.05, 3.63) is 24.3 Å².